The van der Waals surface area contributed by atoms with Crippen LogP contribution >= 0.6 is 0 Å². The molecule has 0 aromatic heterocycles. The van der Waals surface area contributed by atoms with Gasteiger partial charge in [0, 0.05) is 16.2 Å². The minimum Gasteiger partial charge on any atom is -0.370 e. The van der Waals surface area contributed by atoms with Gasteiger partial charge in [0.15, 0.2) is 6.29 Å². The Hall–Kier alpha value is -2.26. The molecule has 0 saturated carbocycles. The molecule has 0 amide bonds. The molecule has 2 aromatic carbocycles. The number of hydrogen-bond donors (Lipinski definition) is 0. The molecule has 31 heavy (non-hydrogen) atoms. The van der Waals surface area contributed by atoms with Gasteiger partial charge in [-0.25, -0.2) is 0 Å². The van der Waals surface area contributed by atoms with Crippen LogP contribution in [0.1, 0.15) is 24.3 Å². The Kier molecular flexibility index (Phi) is 7.34. The molecule has 2 saturated heterocycles. The van der Waals surface area contributed by atoms with E-state index in [0.29, 0.717) is 12.4 Å². The predicted molar refractivity (Wildman–Crippen MR) is 115 cm³/mol. The van der Waals surface area contributed by atoms with Gasteiger partial charge in [-0.15, -0.1) is 0 Å². The first-order valence-corrected chi connectivity index (χ1v) is 11.6. The molecule has 8 nitrogen and oxygen atoms in total. The number of azide groups is 1. The number of ether oxygens (including phenoxy) is 4. The van der Waals surface area contributed by atoms with E-state index in [0.717, 1.165) is 11.1 Å². The molecule has 7 atom stereocenters. The number of nitrogens with zero attached hydrogens (tertiary/aromatic N) is 3. The lowest BCUT2D eigenvalue weighted by molar-refractivity contribution is -0.311. The first kappa shape index (κ1) is 22.0. The van der Waals surface area contributed by atoms with E-state index in [1.807, 2.05) is 60.7 Å². The SMILES string of the molecule is CCS(=O)[C@@H]1O[C@@H]2CO[C@@H](c3ccccc3)O[C@H]2[C@H](OCc2ccccc2)[C@H]1N=[N+]=[N-]. The fraction of sp³-hybridized carbons (Fsp3) is 0.455. The molecule has 4 rings (SSSR count). The van der Waals surface area contributed by atoms with Crippen molar-refractivity contribution in [3.63, 3.8) is 0 Å². The van der Waals surface area contributed by atoms with E-state index in [1.54, 1.807) is 6.92 Å². The summed E-state index contributed by atoms with van der Waals surface area (Å²) < 4.78 is 37.2. The molecule has 2 aromatic rings. The van der Waals surface area contributed by atoms with Gasteiger partial charge in [-0.1, -0.05) is 72.7 Å². The van der Waals surface area contributed by atoms with Gasteiger partial charge in [0.1, 0.15) is 23.7 Å². The molecular weight excluding hydrogens is 418 g/mol. The molecule has 1 unspecified atom stereocenters. The summed E-state index contributed by atoms with van der Waals surface area (Å²) in [5, 5.41) is 3.93. The van der Waals surface area contributed by atoms with Crippen LogP contribution in [-0.4, -0.2) is 46.4 Å². The van der Waals surface area contributed by atoms with Crippen molar-refractivity contribution in [2.45, 2.75) is 49.6 Å². The summed E-state index contributed by atoms with van der Waals surface area (Å²) in [4.78, 5) is 2.99. The number of benzene rings is 2. The van der Waals surface area contributed by atoms with Crippen LogP contribution in [0, 0.1) is 0 Å². The average molecular weight is 444 g/mol. The van der Waals surface area contributed by atoms with Gasteiger partial charge in [0.05, 0.1) is 30.1 Å². The molecule has 2 fully saturated rings. The molecular formula is C22H25N3O5S. The van der Waals surface area contributed by atoms with Crippen LogP contribution in [0.25, 0.3) is 10.4 Å². The van der Waals surface area contributed by atoms with Crippen molar-refractivity contribution in [1.29, 1.82) is 0 Å². The Morgan fingerprint density at radius 1 is 1.13 bits per heavy atom. The summed E-state index contributed by atoms with van der Waals surface area (Å²) >= 11 is 0. The number of fused-ring (bicyclic) bond motifs is 1. The normalized spacial score (nSPS) is 31.3. The molecule has 9 heteroatoms. The maximum Gasteiger partial charge on any atom is 0.184 e. The zero-order valence-corrected chi connectivity index (χ0v) is 18.0. The van der Waals surface area contributed by atoms with Gasteiger partial charge < -0.3 is 18.9 Å². The van der Waals surface area contributed by atoms with Crippen LogP contribution in [0.2, 0.25) is 0 Å². The highest BCUT2D eigenvalue weighted by atomic mass is 32.2. The largest absolute Gasteiger partial charge is 0.370 e. The van der Waals surface area contributed by atoms with Crippen LogP contribution in [0.3, 0.4) is 0 Å². The first-order chi connectivity index (χ1) is 15.2. The monoisotopic (exact) mass is 443 g/mol. The fourth-order valence-electron chi connectivity index (χ4n) is 3.86. The molecule has 0 radical (unpaired) electrons. The third-order valence-corrected chi connectivity index (χ3v) is 6.87. The molecule has 2 heterocycles. The summed E-state index contributed by atoms with van der Waals surface area (Å²) in [6, 6.07) is 18.5. The molecule has 164 valence electrons. The number of hydrogen-bond acceptors (Lipinski definition) is 6. The fourth-order valence-corrected chi connectivity index (χ4v) is 4.98. The Balaban J connectivity index is 1.62. The summed E-state index contributed by atoms with van der Waals surface area (Å²) in [5.41, 5.74) is 10.3. The molecule has 2 aliphatic heterocycles. The Morgan fingerprint density at radius 2 is 1.84 bits per heavy atom. The Morgan fingerprint density at radius 3 is 2.52 bits per heavy atom. The van der Waals surface area contributed by atoms with Crippen LogP contribution in [0.15, 0.2) is 65.8 Å². The highest BCUT2D eigenvalue weighted by Crippen LogP contribution is 2.37. The third-order valence-electron chi connectivity index (χ3n) is 5.39. The quantitative estimate of drug-likeness (QED) is 0.367. The molecule has 0 aliphatic carbocycles. The van der Waals surface area contributed by atoms with Gasteiger partial charge in [-0.3, -0.25) is 4.21 Å². The topological polar surface area (TPSA) is 103 Å². The Labute approximate surface area is 183 Å². The van der Waals surface area contributed by atoms with Gasteiger partial charge >= 0.3 is 0 Å². The lowest BCUT2D eigenvalue weighted by Crippen LogP contribution is -2.62. The summed E-state index contributed by atoms with van der Waals surface area (Å²) in [6.07, 6.45) is -2.24. The second-order valence-electron chi connectivity index (χ2n) is 7.35. The van der Waals surface area contributed by atoms with Crippen LogP contribution in [0.5, 0.6) is 0 Å². The van der Waals surface area contributed by atoms with E-state index in [9.17, 15) is 9.74 Å². The predicted octanol–water partition coefficient (Wildman–Crippen LogP) is 3.86. The summed E-state index contributed by atoms with van der Waals surface area (Å²) in [6.45, 7) is 2.37. The molecule has 0 bridgehead atoms. The van der Waals surface area contributed by atoms with Gasteiger partial charge in [0.2, 0.25) is 0 Å². The van der Waals surface area contributed by atoms with E-state index in [-0.39, 0.29) is 6.61 Å². The zero-order chi connectivity index (χ0) is 21.6. The minimum atomic E-state index is -1.35. The van der Waals surface area contributed by atoms with E-state index >= 15 is 0 Å². The van der Waals surface area contributed by atoms with Crippen molar-refractivity contribution in [1.82, 2.24) is 0 Å². The average Bonchev–Trinajstić information content (AvgIpc) is 2.83. The highest BCUT2D eigenvalue weighted by Gasteiger charge is 2.51. The maximum absolute atomic E-state index is 12.7. The van der Waals surface area contributed by atoms with Crippen LogP contribution < -0.4 is 0 Å². The Bertz CT molecular complexity index is 925. The van der Waals surface area contributed by atoms with E-state index in [4.69, 9.17) is 18.9 Å². The second-order valence-corrected chi connectivity index (χ2v) is 9.15. The molecule has 2 aliphatic rings. The van der Waals surface area contributed by atoms with Crippen molar-refractivity contribution < 1.29 is 23.2 Å². The lowest BCUT2D eigenvalue weighted by atomic mass is 9.97. The number of rotatable bonds is 7. The maximum atomic E-state index is 12.7. The van der Waals surface area contributed by atoms with Crippen LogP contribution in [0.4, 0.5) is 0 Å². The first-order valence-electron chi connectivity index (χ1n) is 10.3. The van der Waals surface area contributed by atoms with Crippen LogP contribution in [-0.2, 0) is 36.4 Å². The summed E-state index contributed by atoms with van der Waals surface area (Å²) in [5.74, 6) is 0.374. The second kappa shape index (κ2) is 10.4. The standard InChI is InChI=1S/C22H25N3O5S/c1-2-31(26)22-18(24-25-23)20(27-13-15-9-5-3-6-10-15)19-17(29-22)14-28-21(30-19)16-11-7-4-8-12-16/h3-12,17-22H,2,13-14H2,1H3/t17-,18-,19-,20-,21-,22+,31?/m1/s1. The zero-order valence-electron chi connectivity index (χ0n) is 17.2. The van der Waals surface area contributed by atoms with Gasteiger partial charge in [0.25, 0.3) is 0 Å². The van der Waals surface area contributed by atoms with Crippen molar-refractivity contribution in [3.8, 4) is 0 Å². The van der Waals surface area contributed by atoms with E-state index < -0.39 is 46.9 Å². The van der Waals surface area contributed by atoms with E-state index in [2.05, 4.69) is 10.0 Å². The smallest absolute Gasteiger partial charge is 0.184 e. The third kappa shape index (κ3) is 4.98. The van der Waals surface area contributed by atoms with Gasteiger partial charge in [-0.2, -0.15) is 0 Å². The summed E-state index contributed by atoms with van der Waals surface area (Å²) in [7, 11) is -1.35. The van der Waals surface area contributed by atoms with Crippen molar-refractivity contribution >= 4 is 10.8 Å². The molecule has 0 N–H and O–H groups in total. The van der Waals surface area contributed by atoms with Crippen molar-refractivity contribution in [2.75, 3.05) is 12.4 Å². The minimum absolute atomic E-state index is 0.260. The molecule has 0 spiro atoms. The van der Waals surface area contributed by atoms with Crippen molar-refractivity contribution in [2.24, 2.45) is 5.11 Å². The lowest BCUT2D eigenvalue weighted by Gasteiger charge is -2.48. The van der Waals surface area contributed by atoms with Crippen molar-refractivity contribution in [3.05, 3.63) is 82.2 Å². The van der Waals surface area contributed by atoms with Gasteiger partial charge in [-0.05, 0) is 11.1 Å². The van der Waals surface area contributed by atoms with E-state index in [1.165, 1.54) is 0 Å². The highest BCUT2D eigenvalue weighted by molar-refractivity contribution is 7.85.